The average Bonchev–Trinajstić information content (AvgIpc) is 3.22. The number of hydrogen-bond acceptors (Lipinski definition) is 3. The van der Waals surface area contributed by atoms with Gasteiger partial charge in [0.2, 0.25) is 5.91 Å². The number of anilines is 1. The van der Waals surface area contributed by atoms with Crippen LogP contribution in [0.2, 0.25) is 0 Å². The third-order valence-corrected chi connectivity index (χ3v) is 3.58. The van der Waals surface area contributed by atoms with E-state index in [2.05, 4.69) is 19.2 Å². The topological polar surface area (TPSA) is 64.4 Å². The Morgan fingerprint density at radius 2 is 2.19 bits per heavy atom. The van der Waals surface area contributed by atoms with E-state index in [9.17, 15) is 4.79 Å². The quantitative estimate of drug-likeness (QED) is 0.773. The smallest absolute Gasteiger partial charge is 0.241 e. The number of hydrogen-bond donors (Lipinski definition) is 2. The second-order valence-corrected chi connectivity index (χ2v) is 6.38. The van der Waals surface area contributed by atoms with Crippen LogP contribution in [0.5, 0.6) is 0 Å². The van der Waals surface area contributed by atoms with Gasteiger partial charge in [0.1, 0.15) is 0 Å². The van der Waals surface area contributed by atoms with E-state index in [-0.39, 0.29) is 5.91 Å². The Morgan fingerprint density at radius 1 is 1.43 bits per heavy atom. The number of carbonyl (C=O) groups excluding carboxylic acids is 1. The monoisotopic (exact) mass is 290 g/mol. The lowest BCUT2D eigenvalue weighted by Gasteiger charge is -2.14. The van der Waals surface area contributed by atoms with Gasteiger partial charge in [0.05, 0.1) is 12.6 Å². The fraction of sp³-hybridized carbons (Fsp3) is 0.588. The van der Waals surface area contributed by atoms with Crippen molar-refractivity contribution in [1.82, 2.24) is 0 Å². The third kappa shape index (κ3) is 5.86. The lowest BCUT2D eigenvalue weighted by Crippen LogP contribution is -2.36. The number of carbonyl (C=O) groups is 1. The molecule has 0 radical (unpaired) electrons. The fourth-order valence-electron chi connectivity index (χ4n) is 2.22. The Morgan fingerprint density at radius 3 is 2.86 bits per heavy atom. The number of benzene rings is 1. The minimum atomic E-state index is -0.459. The molecule has 1 aromatic carbocycles. The normalized spacial score (nSPS) is 16.0. The highest BCUT2D eigenvalue weighted by molar-refractivity contribution is 5.94. The lowest BCUT2D eigenvalue weighted by atomic mass is 10.0. The number of ether oxygens (including phenoxy) is 1. The summed E-state index contributed by atoms with van der Waals surface area (Å²) >= 11 is 0. The van der Waals surface area contributed by atoms with Crippen LogP contribution in [0.15, 0.2) is 24.3 Å². The molecular weight excluding hydrogens is 264 g/mol. The van der Waals surface area contributed by atoms with E-state index in [0.29, 0.717) is 18.9 Å². The molecule has 116 valence electrons. The highest BCUT2D eigenvalue weighted by atomic mass is 16.5. The van der Waals surface area contributed by atoms with Crippen molar-refractivity contribution in [3.63, 3.8) is 0 Å². The Bertz CT molecular complexity index is 470. The molecule has 0 bridgehead atoms. The molecule has 0 unspecified atom stereocenters. The maximum Gasteiger partial charge on any atom is 0.241 e. The van der Waals surface area contributed by atoms with Crippen LogP contribution in [0.1, 0.15) is 38.7 Å². The molecule has 1 aliphatic rings. The van der Waals surface area contributed by atoms with Crippen molar-refractivity contribution < 1.29 is 9.53 Å². The minimum Gasteiger partial charge on any atom is -0.376 e. The SMILES string of the molecule is CC(C)C[C@H](N)C(=O)Nc1cccc(COCC2CC2)c1. The summed E-state index contributed by atoms with van der Waals surface area (Å²) in [7, 11) is 0. The number of amides is 1. The summed E-state index contributed by atoms with van der Waals surface area (Å²) in [5, 5.41) is 2.88. The van der Waals surface area contributed by atoms with E-state index in [1.54, 1.807) is 0 Å². The molecule has 1 aliphatic carbocycles. The lowest BCUT2D eigenvalue weighted by molar-refractivity contribution is -0.117. The van der Waals surface area contributed by atoms with Gasteiger partial charge < -0.3 is 15.8 Å². The summed E-state index contributed by atoms with van der Waals surface area (Å²) in [5.74, 6) is 1.05. The second kappa shape index (κ2) is 7.57. The van der Waals surface area contributed by atoms with Gasteiger partial charge in [0.15, 0.2) is 0 Å². The molecule has 0 spiro atoms. The second-order valence-electron chi connectivity index (χ2n) is 6.38. The Hall–Kier alpha value is -1.39. The molecule has 0 aliphatic heterocycles. The van der Waals surface area contributed by atoms with Gasteiger partial charge in [0, 0.05) is 12.3 Å². The van der Waals surface area contributed by atoms with Crippen molar-refractivity contribution in [2.24, 2.45) is 17.6 Å². The van der Waals surface area contributed by atoms with Crippen molar-refractivity contribution in [1.29, 1.82) is 0 Å². The van der Waals surface area contributed by atoms with E-state index in [1.807, 2.05) is 24.3 Å². The van der Waals surface area contributed by atoms with Crippen molar-refractivity contribution in [3.8, 4) is 0 Å². The van der Waals surface area contributed by atoms with Gasteiger partial charge >= 0.3 is 0 Å². The van der Waals surface area contributed by atoms with E-state index >= 15 is 0 Å². The summed E-state index contributed by atoms with van der Waals surface area (Å²) < 4.78 is 5.67. The fourth-order valence-corrected chi connectivity index (χ4v) is 2.22. The van der Waals surface area contributed by atoms with Gasteiger partial charge in [-0.25, -0.2) is 0 Å². The molecule has 3 N–H and O–H groups in total. The standard InChI is InChI=1S/C17H26N2O2/c1-12(2)8-16(18)17(20)19-15-5-3-4-14(9-15)11-21-10-13-6-7-13/h3-5,9,12-13,16H,6-8,10-11,18H2,1-2H3,(H,19,20)/t16-/m0/s1. The van der Waals surface area contributed by atoms with Crippen LogP contribution in [-0.2, 0) is 16.1 Å². The summed E-state index contributed by atoms with van der Waals surface area (Å²) in [6, 6.07) is 7.31. The predicted molar refractivity (Wildman–Crippen MR) is 84.9 cm³/mol. The van der Waals surface area contributed by atoms with Crippen LogP contribution in [0.3, 0.4) is 0 Å². The minimum absolute atomic E-state index is 0.125. The van der Waals surface area contributed by atoms with E-state index in [4.69, 9.17) is 10.5 Å². The molecule has 1 amide bonds. The van der Waals surface area contributed by atoms with Crippen molar-refractivity contribution in [2.45, 2.75) is 45.8 Å². The van der Waals surface area contributed by atoms with Gasteiger partial charge in [-0.3, -0.25) is 4.79 Å². The first-order valence-electron chi connectivity index (χ1n) is 7.77. The van der Waals surface area contributed by atoms with Crippen LogP contribution in [0, 0.1) is 11.8 Å². The molecule has 21 heavy (non-hydrogen) atoms. The highest BCUT2D eigenvalue weighted by Crippen LogP contribution is 2.29. The molecule has 0 saturated heterocycles. The molecular formula is C17H26N2O2. The molecule has 1 saturated carbocycles. The molecule has 1 aromatic rings. The zero-order chi connectivity index (χ0) is 15.2. The largest absolute Gasteiger partial charge is 0.376 e. The zero-order valence-electron chi connectivity index (χ0n) is 13.0. The van der Waals surface area contributed by atoms with Gasteiger partial charge in [0.25, 0.3) is 0 Å². The van der Waals surface area contributed by atoms with Crippen LogP contribution in [0.4, 0.5) is 5.69 Å². The number of rotatable bonds is 8. The Labute approximate surface area is 127 Å². The summed E-state index contributed by atoms with van der Waals surface area (Å²) in [5.41, 5.74) is 7.75. The summed E-state index contributed by atoms with van der Waals surface area (Å²) in [4.78, 5) is 12.0. The molecule has 1 atom stereocenters. The number of nitrogens with two attached hydrogens (primary N) is 1. The first-order chi connectivity index (χ1) is 10.0. The van der Waals surface area contributed by atoms with E-state index in [0.717, 1.165) is 23.8 Å². The van der Waals surface area contributed by atoms with Crippen LogP contribution >= 0.6 is 0 Å². The molecule has 0 aromatic heterocycles. The van der Waals surface area contributed by atoms with Gasteiger partial charge in [-0.2, -0.15) is 0 Å². The first-order valence-corrected chi connectivity index (χ1v) is 7.77. The van der Waals surface area contributed by atoms with Crippen molar-refractivity contribution in [2.75, 3.05) is 11.9 Å². The van der Waals surface area contributed by atoms with Crippen molar-refractivity contribution >= 4 is 11.6 Å². The molecule has 2 rings (SSSR count). The Kier molecular flexibility index (Phi) is 5.76. The van der Waals surface area contributed by atoms with Crippen molar-refractivity contribution in [3.05, 3.63) is 29.8 Å². The predicted octanol–water partition coefficient (Wildman–Crippen LogP) is 2.93. The molecule has 1 fully saturated rings. The van der Waals surface area contributed by atoms with E-state index < -0.39 is 6.04 Å². The first kappa shape index (κ1) is 16.0. The van der Waals surface area contributed by atoms with Gasteiger partial charge in [-0.05, 0) is 48.8 Å². The maximum absolute atomic E-state index is 12.0. The van der Waals surface area contributed by atoms with E-state index in [1.165, 1.54) is 12.8 Å². The molecule has 4 nitrogen and oxygen atoms in total. The molecule has 4 heteroatoms. The van der Waals surface area contributed by atoms with Crippen LogP contribution in [-0.4, -0.2) is 18.6 Å². The zero-order valence-corrected chi connectivity index (χ0v) is 13.0. The third-order valence-electron chi connectivity index (χ3n) is 3.58. The molecule has 0 heterocycles. The van der Waals surface area contributed by atoms with Gasteiger partial charge in [-0.1, -0.05) is 26.0 Å². The summed E-state index contributed by atoms with van der Waals surface area (Å²) in [6.07, 6.45) is 3.28. The highest BCUT2D eigenvalue weighted by Gasteiger charge is 2.21. The summed E-state index contributed by atoms with van der Waals surface area (Å²) in [6.45, 7) is 5.56. The maximum atomic E-state index is 12.0. The van der Waals surface area contributed by atoms with Gasteiger partial charge in [-0.15, -0.1) is 0 Å². The average molecular weight is 290 g/mol. The number of nitrogens with one attached hydrogen (secondary N) is 1. The Balaban J connectivity index is 1.82. The van der Waals surface area contributed by atoms with Crippen LogP contribution < -0.4 is 11.1 Å². The van der Waals surface area contributed by atoms with Crippen LogP contribution in [0.25, 0.3) is 0 Å².